The SMILES string of the molecule is CC(C)(C)C(=O)OCOC(=O)C[C@@H]1Cc2ccc(OCCc3cn4c(n3)NCCC4)cc2CN(CC(F)(F)F)C1=O. The minimum Gasteiger partial charge on any atom is -0.493 e. The molecule has 3 heterocycles. The summed E-state index contributed by atoms with van der Waals surface area (Å²) in [6.07, 6.45) is -1.49. The number of hydrogen-bond donors (Lipinski definition) is 1. The van der Waals surface area contributed by atoms with Gasteiger partial charge in [-0.2, -0.15) is 13.2 Å². The lowest BCUT2D eigenvalue weighted by molar-refractivity contribution is -0.175. The van der Waals surface area contributed by atoms with Crippen molar-refractivity contribution in [3.05, 3.63) is 41.2 Å². The highest BCUT2D eigenvalue weighted by Crippen LogP contribution is 2.30. The van der Waals surface area contributed by atoms with Crippen LogP contribution in [0.2, 0.25) is 0 Å². The van der Waals surface area contributed by atoms with Crippen molar-refractivity contribution < 1.29 is 41.8 Å². The average molecular weight is 581 g/mol. The Balaban J connectivity index is 1.41. The Hall–Kier alpha value is -3.77. The third kappa shape index (κ3) is 8.37. The molecule has 224 valence electrons. The molecule has 1 atom stereocenters. The predicted octanol–water partition coefficient (Wildman–Crippen LogP) is 3.86. The van der Waals surface area contributed by atoms with Crippen LogP contribution in [0.1, 0.15) is 50.4 Å². The molecule has 1 N–H and O–H groups in total. The highest BCUT2D eigenvalue weighted by atomic mass is 19.4. The van der Waals surface area contributed by atoms with Crippen molar-refractivity contribution in [3.63, 3.8) is 0 Å². The molecule has 10 nitrogen and oxygen atoms in total. The van der Waals surface area contributed by atoms with E-state index in [4.69, 9.17) is 14.2 Å². The number of halogens is 3. The van der Waals surface area contributed by atoms with Crippen molar-refractivity contribution >= 4 is 23.8 Å². The molecule has 1 aromatic carbocycles. The van der Waals surface area contributed by atoms with Crippen LogP contribution >= 0.6 is 0 Å². The molecule has 1 aromatic heterocycles. The Morgan fingerprint density at radius 1 is 1.15 bits per heavy atom. The molecule has 0 saturated carbocycles. The van der Waals surface area contributed by atoms with Crippen LogP contribution in [-0.4, -0.2) is 65.0 Å². The number of aromatic nitrogens is 2. The van der Waals surface area contributed by atoms with E-state index in [1.54, 1.807) is 39.0 Å². The smallest absolute Gasteiger partial charge is 0.406 e. The van der Waals surface area contributed by atoms with Crippen molar-refractivity contribution in [1.29, 1.82) is 0 Å². The topological polar surface area (TPSA) is 112 Å². The Labute approximate surface area is 236 Å². The second-order valence-electron chi connectivity index (χ2n) is 11.3. The molecule has 13 heteroatoms. The second-order valence-corrected chi connectivity index (χ2v) is 11.3. The molecular formula is C28H35F3N4O6. The Kier molecular flexibility index (Phi) is 9.13. The number of alkyl halides is 3. The van der Waals surface area contributed by atoms with Crippen molar-refractivity contribution in [2.24, 2.45) is 11.3 Å². The van der Waals surface area contributed by atoms with Crippen LogP contribution in [0.5, 0.6) is 5.75 Å². The standard InChI is InChI=1S/C28H35F3N4O6/c1-27(2,3)25(38)41-17-40-23(36)13-19-11-18-5-6-22(12-20(18)14-35(24(19)37)16-28(29,30)31)39-10-7-21-15-34-9-4-8-32-26(34)33-21/h5-6,12,15,19H,4,7-11,13-14,16-17H2,1-3H3,(H,32,33)/t19-/m0/s1. The van der Waals surface area contributed by atoms with Gasteiger partial charge in [-0.1, -0.05) is 6.07 Å². The van der Waals surface area contributed by atoms with E-state index in [2.05, 4.69) is 14.9 Å². The summed E-state index contributed by atoms with van der Waals surface area (Å²) in [6, 6.07) is 5.04. The first kappa shape index (κ1) is 30.2. The van der Waals surface area contributed by atoms with Crippen molar-refractivity contribution in [3.8, 4) is 5.75 Å². The minimum atomic E-state index is -4.63. The Morgan fingerprint density at radius 3 is 2.63 bits per heavy atom. The monoisotopic (exact) mass is 580 g/mol. The molecule has 2 aliphatic heterocycles. The highest BCUT2D eigenvalue weighted by Gasteiger charge is 2.38. The zero-order valence-corrected chi connectivity index (χ0v) is 23.4. The van der Waals surface area contributed by atoms with Gasteiger partial charge in [-0.3, -0.25) is 14.4 Å². The summed E-state index contributed by atoms with van der Waals surface area (Å²) in [5, 5.41) is 3.24. The van der Waals surface area contributed by atoms with Gasteiger partial charge in [0.05, 0.1) is 30.1 Å². The fourth-order valence-electron chi connectivity index (χ4n) is 4.69. The van der Waals surface area contributed by atoms with E-state index in [-0.39, 0.29) is 13.0 Å². The second kappa shape index (κ2) is 12.4. The average Bonchev–Trinajstić information content (AvgIpc) is 3.25. The number of fused-ring (bicyclic) bond motifs is 2. The summed E-state index contributed by atoms with van der Waals surface area (Å²) in [4.78, 5) is 42.7. The Morgan fingerprint density at radius 2 is 1.93 bits per heavy atom. The highest BCUT2D eigenvalue weighted by molar-refractivity contribution is 5.85. The van der Waals surface area contributed by atoms with E-state index < -0.39 is 55.1 Å². The normalized spacial score (nSPS) is 17.2. The maximum atomic E-state index is 13.4. The third-order valence-corrected chi connectivity index (χ3v) is 6.78. The number of aryl methyl sites for hydroxylation is 1. The molecule has 41 heavy (non-hydrogen) atoms. The van der Waals surface area contributed by atoms with Crippen LogP contribution in [0.3, 0.4) is 0 Å². The van der Waals surface area contributed by atoms with E-state index in [0.717, 1.165) is 31.2 Å². The number of carbonyl (C=O) groups excluding carboxylic acids is 3. The van der Waals surface area contributed by atoms with Gasteiger partial charge >= 0.3 is 18.1 Å². The van der Waals surface area contributed by atoms with Gasteiger partial charge in [0, 0.05) is 32.3 Å². The quantitative estimate of drug-likeness (QED) is 0.352. The van der Waals surface area contributed by atoms with E-state index in [1.165, 1.54) is 0 Å². The summed E-state index contributed by atoms with van der Waals surface area (Å²) in [7, 11) is 0. The minimum absolute atomic E-state index is 0.0485. The number of nitrogens with one attached hydrogen (secondary N) is 1. The van der Waals surface area contributed by atoms with Gasteiger partial charge in [0.2, 0.25) is 18.6 Å². The first-order valence-corrected chi connectivity index (χ1v) is 13.5. The first-order valence-electron chi connectivity index (χ1n) is 13.5. The summed E-state index contributed by atoms with van der Waals surface area (Å²) in [5.41, 5.74) is 1.22. The van der Waals surface area contributed by atoms with Crippen LogP contribution < -0.4 is 10.1 Å². The number of amides is 1. The lowest BCUT2D eigenvalue weighted by Crippen LogP contribution is -2.41. The number of ether oxygens (including phenoxy) is 3. The van der Waals surface area contributed by atoms with Gasteiger partial charge in [-0.15, -0.1) is 0 Å². The number of nitrogens with zero attached hydrogens (tertiary/aromatic N) is 3. The maximum Gasteiger partial charge on any atom is 0.406 e. The molecule has 0 fully saturated rings. The summed E-state index contributed by atoms with van der Waals surface area (Å²) in [6.45, 7) is 4.62. The van der Waals surface area contributed by atoms with Crippen molar-refractivity contribution in [1.82, 2.24) is 14.5 Å². The van der Waals surface area contributed by atoms with Gasteiger partial charge in [-0.25, -0.2) is 4.98 Å². The van der Waals surface area contributed by atoms with Gasteiger partial charge in [0.25, 0.3) is 0 Å². The van der Waals surface area contributed by atoms with Gasteiger partial charge in [0.15, 0.2) is 0 Å². The van der Waals surface area contributed by atoms with Crippen LogP contribution in [0, 0.1) is 11.3 Å². The van der Waals surface area contributed by atoms with Crippen LogP contribution in [0.4, 0.5) is 19.1 Å². The molecule has 0 aliphatic carbocycles. The lowest BCUT2D eigenvalue weighted by atomic mass is 9.94. The van der Waals surface area contributed by atoms with Gasteiger partial charge < -0.3 is 29.0 Å². The van der Waals surface area contributed by atoms with Crippen molar-refractivity contribution in [2.45, 2.75) is 65.7 Å². The van der Waals surface area contributed by atoms with Crippen LogP contribution in [-0.2, 0) is 49.8 Å². The van der Waals surface area contributed by atoms with Gasteiger partial charge in [-0.05, 0) is 56.9 Å². The molecule has 4 rings (SSSR count). The molecule has 1 amide bonds. The van der Waals surface area contributed by atoms with Crippen molar-refractivity contribution in [2.75, 3.05) is 31.8 Å². The molecule has 2 aromatic rings. The third-order valence-electron chi connectivity index (χ3n) is 6.78. The molecule has 0 bridgehead atoms. The molecule has 0 spiro atoms. The van der Waals surface area contributed by atoms with Crippen LogP contribution in [0.15, 0.2) is 24.4 Å². The lowest BCUT2D eigenvalue weighted by Gasteiger charge is -2.25. The predicted molar refractivity (Wildman–Crippen MR) is 141 cm³/mol. The number of esters is 2. The molecule has 0 saturated heterocycles. The van der Waals surface area contributed by atoms with E-state index in [0.29, 0.717) is 34.8 Å². The molecule has 0 radical (unpaired) electrons. The largest absolute Gasteiger partial charge is 0.493 e. The molecule has 0 unspecified atom stereocenters. The molecule has 2 aliphatic rings. The van der Waals surface area contributed by atoms with Crippen LogP contribution in [0.25, 0.3) is 0 Å². The zero-order chi connectivity index (χ0) is 29.8. The summed E-state index contributed by atoms with van der Waals surface area (Å²) < 4.78 is 57.9. The van der Waals surface area contributed by atoms with Gasteiger partial charge in [0.1, 0.15) is 12.3 Å². The number of rotatable bonds is 9. The van der Waals surface area contributed by atoms with E-state index in [9.17, 15) is 27.6 Å². The first-order chi connectivity index (χ1) is 19.3. The fraction of sp³-hybridized carbons (Fsp3) is 0.571. The Bertz CT molecular complexity index is 1250. The number of benzene rings is 1. The number of imidazole rings is 1. The number of carbonyl (C=O) groups is 3. The number of hydrogen-bond acceptors (Lipinski definition) is 8. The van der Waals surface area contributed by atoms with E-state index in [1.807, 2.05) is 6.20 Å². The molecular weight excluding hydrogens is 545 g/mol. The summed E-state index contributed by atoms with van der Waals surface area (Å²) >= 11 is 0. The maximum absolute atomic E-state index is 13.4. The number of anilines is 1. The van der Waals surface area contributed by atoms with E-state index >= 15 is 0 Å². The zero-order valence-electron chi connectivity index (χ0n) is 23.4. The fourth-order valence-corrected chi connectivity index (χ4v) is 4.69. The summed E-state index contributed by atoms with van der Waals surface area (Å²) in [5.74, 6) is -2.02.